The smallest absolute Gasteiger partial charge is 0.264 e. The van der Waals surface area contributed by atoms with Crippen LogP contribution in [0.2, 0.25) is 0 Å². The zero-order chi connectivity index (χ0) is 36.8. The predicted octanol–water partition coefficient (Wildman–Crippen LogP) is 5.76. The highest BCUT2D eigenvalue weighted by Crippen LogP contribution is 2.23. The molecular formula is C41H39N5O5S. The molecule has 2 heterocycles. The van der Waals surface area contributed by atoms with Crippen molar-refractivity contribution >= 4 is 38.6 Å². The average Bonchev–Trinajstić information content (AvgIpc) is 3.56. The molecule has 264 valence electrons. The topological polar surface area (TPSA) is 141 Å². The molecule has 0 aliphatic rings. The zero-order valence-corrected chi connectivity index (χ0v) is 29.9. The summed E-state index contributed by atoms with van der Waals surface area (Å²) in [5, 5.41) is 3.66. The van der Waals surface area contributed by atoms with Crippen molar-refractivity contribution in [1.29, 1.82) is 0 Å². The highest BCUT2D eigenvalue weighted by Gasteiger charge is 2.33. The first-order valence-electron chi connectivity index (χ1n) is 16.8. The Morgan fingerprint density at radius 3 is 2.17 bits per heavy atom. The molecule has 3 N–H and O–H groups in total. The normalized spacial score (nSPS) is 12.5. The lowest BCUT2D eigenvalue weighted by Gasteiger charge is -2.29. The molecule has 0 spiro atoms. The fourth-order valence-corrected chi connectivity index (χ4v) is 7.34. The van der Waals surface area contributed by atoms with E-state index in [0.717, 1.165) is 38.7 Å². The Labute approximate surface area is 303 Å². The number of sulfonamides is 1. The number of H-pyrrole nitrogens is 1. The molecule has 4 aromatic carbocycles. The molecule has 0 aliphatic carbocycles. The number of fused-ring (bicyclic) bond motifs is 1. The minimum atomic E-state index is -4.26. The molecule has 2 aromatic heterocycles. The van der Waals surface area contributed by atoms with Gasteiger partial charge in [0.2, 0.25) is 5.91 Å². The van der Waals surface area contributed by atoms with E-state index in [1.165, 1.54) is 17.0 Å². The van der Waals surface area contributed by atoms with Crippen LogP contribution in [0.25, 0.3) is 22.0 Å². The minimum absolute atomic E-state index is 0.0207. The van der Waals surface area contributed by atoms with Gasteiger partial charge in [-0.05, 0) is 72.5 Å². The van der Waals surface area contributed by atoms with Crippen molar-refractivity contribution in [1.82, 2.24) is 24.9 Å². The molecule has 11 heteroatoms. The number of nitrogens with zero attached hydrogens (tertiary/aromatic N) is 2. The van der Waals surface area contributed by atoms with Crippen molar-refractivity contribution in [3.63, 3.8) is 0 Å². The molecule has 0 bridgehead atoms. The third kappa shape index (κ3) is 8.27. The molecule has 10 nitrogen and oxygen atoms in total. The van der Waals surface area contributed by atoms with Crippen LogP contribution < -0.4 is 10.0 Å². The summed E-state index contributed by atoms with van der Waals surface area (Å²) in [6.45, 7) is 3.80. The summed E-state index contributed by atoms with van der Waals surface area (Å²) in [6.07, 6.45) is 5.30. The van der Waals surface area contributed by atoms with Gasteiger partial charge in [-0.3, -0.25) is 19.4 Å². The van der Waals surface area contributed by atoms with Crippen molar-refractivity contribution < 1.29 is 22.8 Å². The van der Waals surface area contributed by atoms with Crippen molar-refractivity contribution in [2.45, 2.75) is 43.7 Å². The Hall–Kier alpha value is -6.07. The second-order valence-electron chi connectivity index (χ2n) is 12.9. The first-order valence-corrected chi connectivity index (χ1v) is 18.3. The third-order valence-corrected chi connectivity index (χ3v) is 10.3. The van der Waals surface area contributed by atoms with Crippen molar-refractivity contribution in [3.05, 3.63) is 156 Å². The third-order valence-electron chi connectivity index (χ3n) is 8.96. The van der Waals surface area contributed by atoms with Gasteiger partial charge < -0.3 is 15.2 Å². The van der Waals surface area contributed by atoms with Crippen LogP contribution in [-0.4, -0.2) is 60.1 Å². The van der Waals surface area contributed by atoms with E-state index in [9.17, 15) is 22.8 Å². The summed E-state index contributed by atoms with van der Waals surface area (Å²) >= 11 is 0. The SMILES string of the molecule is Cc1cc(C)cc(C(=O)N(C)[C@H](Cc2ccc(-c3cccnc3)cc2)C(=O)N[C@@H](Cc2c[nH]c3ccccc23)C(=O)NS(=O)(=O)c2ccccc2)c1. The lowest BCUT2D eigenvalue weighted by atomic mass is 9.98. The highest BCUT2D eigenvalue weighted by atomic mass is 32.2. The summed E-state index contributed by atoms with van der Waals surface area (Å²) < 4.78 is 28.7. The van der Waals surface area contributed by atoms with E-state index >= 15 is 0 Å². The lowest BCUT2D eigenvalue weighted by Crippen LogP contribution is -2.56. The number of likely N-dealkylation sites (N-methyl/N-ethyl adjacent to an activating group) is 1. The van der Waals surface area contributed by atoms with Gasteiger partial charge in [0, 0.05) is 54.9 Å². The van der Waals surface area contributed by atoms with E-state index in [2.05, 4.69) is 20.0 Å². The molecular weight excluding hydrogens is 675 g/mol. The van der Waals surface area contributed by atoms with Crippen LogP contribution in [0, 0.1) is 13.8 Å². The summed E-state index contributed by atoms with van der Waals surface area (Å²) in [6, 6.07) is 29.6. The fourth-order valence-electron chi connectivity index (χ4n) is 6.30. The number of hydrogen-bond donors (Lipinski definition) is 3. The highest BCUT2D eigenvalue weighted by molar-refractivity contribution is 7.90. The van der Waals surface area contributed by atoms with Gasteiger partial charge in [-0.2, -0.15) is 0 Å². The quantitative estimate of drug-likeness (QED) is 0.147. The number of aromatic nitrogens is 2. The molecule has 3 amide bonds. The second kappa shape index (κ2) is 15.4. The van der Waals surface area contributed by atoms with Crippen molar-refractivity contribution in [3.8, 4) is 11.1 Å². The van der Waals surface area contributed by atoms with Gasteiger partial charge in [0.05, 0.1) is 4.90 Å². The number of hydrogen-bond acceptors (Lipinski definition) is 6. The van der Waals surface area contributed by atoms with Crippen LogP contribution in [0.5, 0.6) is 0 Å². The fraction of sp³-hybridized carbons (Fsp3) is 0.171. The molecule has 0 saturated heterocycles. The summed E-state index contributed by atoms with van der Waals surface area (Å²) in [5.41, 5.74) is 6.40. The van der Waals surface area contributed by atoms with Crippen LogP contribution >= 0.6 is 0 Å². The van der Waals surface area contributed by atoms with E-state index in [-0.39, 0.29) is 23.6 Å². The standard InChI is InChI=1S/C41H39N5O5S/c1-27-20-28(2)22-32(21-27)41(49)46(3)38(23-29-15-17-30(18-16-29)31-10-9-19-42-25-31)40(48)44-37(24-33-26-43-36-14-8-7-13-35(33)36)39(47)45-52(50,51)34-11-5-4-6-12-34/h4-22,25-26,37-38,43H,23-24H2,1-3H3,(H,44,48)(H,45,47)/t37-,38+/m0/s1. The van der Waals surface area contributed by atoms with Gasteiger partial charge in [0.1, 0.15) is 12.1 Å². The first kappa shape index (κ1) is 35.7. The first-order chi connectivity index (χ1) is 25.0. The van der Waals surface area contributed by atoms with Gasteiger partial charge in [0.15, 0.2) is 0 Å². The number of benzene rings is 4. The summed E-state index contributed by atoms with van der Waals surface area (Å²) in [5.74, 6) is -1.90. The van der Waals surface area contributed by atoms with Crippen LogP contribution in [0.15, 0.2) is 133 Å². The molecule has 2 atom stereocenters. The van der Waals surface area contributed by atoms with Gasteiger partial charge in [0.25, 0.3) is 21.8 Å². The van der Waals surface area contributed by atoms with Crippen LogP contribution in [0.3, 0.4) is 0 Å². The maximum absolute atomic E-state index is 14.4. The number of carbonyl (C=O) groups excluding carboxylic acids is 3. The summed E-state index contributed by atoms with van der Waals surface area (Å²) in [7, 11) is -2.70. The lowest BCUT2D eigenvalue weighted by molar-refractivity contribution is -0.130. The number of aryl methyl sites for hydroxylation is 2. The maximum Gasteiger partial charge on any atom is 0.264 e. The Morgan fingerprint density at radius 1 is 0.788 bits per heavy atom. The van der Waals surface area contributed by atoms with Gasteiger partial charge in [-0.1, -0.05) is 83.9 Å². The number of pyridine rings is 1. The molecule has 0 radical (unpaired) electrons. The van der Waals surface area contributed by atoms with Crippen molar-refractivity contribution in [2.24, 2.45) is 0 Å². The summed E-state index contributed by atoms with van der Waals surface area (Å²) in [4.78, 5) is 50.9. The average molecular weight is 714 g/mol. The number of amides is 3. The Bertz CT molecular complexity index is 2300. The molecule has 6 aromatic rings. The molecule has 0 aliphatic heterocycles. The number of para-hydroxylation sites is 1. The van der Waals surface area contributed by atoms with Crippen LogP contribution in [-0.2, 0) is 32.5 Å². The monoisotopic (exact) mass is 713 g/mol. The Balaban J connectivity index is 1.33. The number of aromatic amines is 1. The largest absolute Gasteiger partial charge is 0.361 e. The van der Waals surface area contributed by atoms with Crippen LogP contribution in [0.4, 0.5) is 0 Å². The number of nitrogens with one attached hydrogen (secondary N) is 3. The van der Waals surface area contributed by atoms with E-state index < -0.39 is 33.9 Å². The molecule has 52 heavy (non-hydrogen) atoms. The van der Waals surface area contributed by atoms with Gasteiger partial charge in [-0.25, -0.2) is 13.1 Å². The number of carbonyl (C=O) groups is 3. The zero-order valence-electron chi connectivity index (χ0n) is 29.0. The Morgan fingerprint density at radius 2 is 1.48 bits per heavy atom. The Kier molecular flexibility index (Phi) is 10.6. The van der Waals surface area contributed by atoms with Gasteiger partial charge >= 0.3 is 0 Å². The second-order valence-corrected chi connectivity index (χ2v) is 14.5. The molecule has 0 unspecified atom stereocenters. The number of rotatable bonds is 12. The van der Waals surface area contributed by atoms with E-state index in [4.69, 9.17) is 0 Å². The van der Waals surface area contributed by atoms with Crippen molar-refractivity contribution in [2.75, 3.05) is 7.05 Å². The van der Waals surface area contributed by atoms with Crippen LogP contribution in [0.1, 0.15) is 32.6 Å². The molecule has 0 fully saturated rings. The maximum atomic E-state index is 14.4. The van der Waals surface area contributed by atoms with E-state index in [1.54, 1.807) is 56.0 Å². The van der Waals surface area contributed by atoms with Gasteiger partial charge in [-0.15, -0.1) is 0 Å². The molecule has 0 saturated carbocycles. The minimum Gasteiger partial charge on any atom is -0.361 e. The van der Waals surface area contributed by atoms with E-state index in [0.29, 0.717) is 11.1 Å². The van der Waals surface area contributed by atoms with E-state index in [1.807, 2.05) is 80.6 Å². The molecule has 6 rings (SSSR count). The predicted molar refractivity (Wildman–Crippen MR) is 201 cm³/mol.